The van der Waals surface area contributed by atoms with Crippen LogP contribution >= 0.6 is 7.44 Å². The normalized spacial score (nSPS) is 13.5. The fraction of sp³-hybridized carbons (Fsp3) is 0.696. The number of nitrogens with zero attached hydrogens (tertiary/aromatic N) is 4. The highest BCUT2D eigenvalue weighted by Gasteiger charge is 2.43. The minimum atomic E-state index is -3.73. The van der Waals surface area contributed by atoms with Gasteiger partial charge in [-0.3, -0.25) is 14.2 Å². The summed E-state index contributed by atoms with van der Waals surface area (Å²) in [6, 6.07) is 0. The van der Waals surface area contributed by atoms with Crippen LogP contribution in [-0.4, -0.2) is 68.2 Å². The summed E-state index contributed by atoms with van der Waals surface area (Å²) in [7, 11) is -3.73. The molecule has 0 amide bonds. The van der Waals surface area contributed by atoms with Crippen LogP contribution in [0.4, 0.5) is 5.82 Å². The van der Waals surface area contributed by atoms with Gasteiger partial charge in [-0.1, -0.05) is 13.8 Å². The van der Waals surface area contributed by atoms with Crippen molar-refractivity contribution in [3.63, 3.8) is 0 Å². The van der Waals surface area contributed by atoms with Crippen LogP contribution < -0.4 is 15.9 Å². The number of nitrogen functional groups attached to an aromatic ring is 1. The Morgan fingerprint density at radius 1 is 1.03 bits per heavy atom. The van der Waals surface area contributed by atoms with Crippen molar-refractivity contribution in [3.8, 4) is 0 Å². The molecule has 0 aliphatic heterocycles. The number of esters is 2. The van der Waals surface area contributed by atoms with E-state index in [1.54, 1.807) is 45.5 Å². The lowest BCUT2D eigenvalue weighted by Crippen LogP contribution is -2.54. The first-order chi connectivity index (χ1) is 17.2. The molecule has 0 radical (unpaired) electrons. The Morgan fingerprint density at radius 2 is 1.57 bits per heavy atom. The first-order valence-corrected chi connectivity index (χ1v) is 14.2. The van der Waals surface area contributed by atoms with Gasteiger partial charge in [-0.05, 0) is 47.5 Å². The molecule has 37 heavy (non-hydrogen) atoms. The number of carbonyl (C=O) groups is 2. The van der Waals surface area contributed by atoms with E-state index in [0.29, 0.717) is 30.6 Å². The Kier molecular flexibility index (Phi) is 10.6. The van der Waals surface area contributed by atoms with Crippen molar-refractivity contribution < 1.29 is 28.4 Å². The number of carbonyl (C=O) groups excluding carboxylic acids is 2. The van der Waals surface area contributed by atoms with E-state index in [4.69, 9.17) is 19.9 Å². The summed E-state index contributed by atoms with van der Waals surface area (Å²) < 4.78 is 32.4. The van der Waals surface area contributed by atoms with Crippen LogP contribution in [0.2, 0.25) is 0 Å². The smallest absolute Gasteiger partial charge is 0.326 e. The maximum atomic E-state index is 14.1. The summed E-state index contributed by atoms with van der Waals surface area (Å²) in [5.74, 6) is -0.875. The minimum Gasteiger partial charge on any atom is -0.464 e. The SMILES string of the molecule is CCCOC(=O)C(C)(C)NP(=O)(CO[C@H](C)Cn1cnc2c(N)ncnc21)NC(C)(C)C(=O)OCCC. The van der Waals surface area contributed by atoms with Gasteiger partial charge in [0, 0.05) is 0 Å². The molecule has 2 aromatic rings. The number of fused-ring (bicyclic) bond motifs is 1. The molecular formula is C23H40N7O6P. The first kappa shape index (κ1) is 30.6. The second-order valence-corrected chi connectivity index (χ2v) is 12.1. The molecule has 0 saturated heterocycles. The van der Waals surface area contributed by atoms with Gasteiger partial charge < -0.3 is 24.5 Å². The van der Waals surface area contributed by atoms with Crippen molar-refractivity contribution in [1.82, 2.24) is 29.7 Å². The van der Waals surface area contributed by atoms with Crippen LogP contribution in [0, 0.1) is 0 Å². The number of nitrogens with one attached hydrogen (secondary N) is 2. The molecule has 2 aromatic heterocycles. The molecular weight excluding hydrogens is 501 g/mol. The number of rotatable bonds is 15. The predicted octanol–water partition coefficient (Wildman–Crippen LogP) is 2.61. The average Bonchev–Trinajstić information content (AvgIpc) is 3.22. The highest BCUT2D eigenvalue weighted by Crippen LogP contribution is 2.42. The van der Waals surface area contributed by atoms with E-state index >= 15 is 0 Å². The molecule has 4 N–H and O–H groups in total. The Bertz CT molecular complexity index is 1080. The Labute approximate surface area is 217 Å². The Balaban J connectivity index is 2.21. The molecule has 208 valence electrons. The maximum absolute atomic E-state index is 14.1. The highest BCUT2D eigenvalue weighted by molar-refractivity contribution is 7.59. The zero-order chi connectivity index (χ0) is 27.9. The van der Waals surface area contributed by atoms with Gasteiger partial charge in [-0.2, -0.15) is 0 Å². The third-order valence-corrected chi connectivity index (χ3v) is 7.59. The zero-order valence-electron chi connectivity index (χ0n) is 22.7. The second-order valence-electron chi connectivity index (χ2n) is 9.92. The van der Waals surface area contributed by atoms with Gasteiger partial charge in [-0.25, -0.2) is 25.1 Å². The Hall–Kier alpha value is -2.60. The molecule has 0 bridgehead atoms. The molecule has 0 aliphatic carbocycles. The topological polar surface area (TPSA) is 173 Å². The van der Waals surface area contributed by atoms with E-state index in [2.05, 4.69) is 25.1 Å². The standard InChI is InChI=1S/C23H40N7O6P/c1-8-10-34-20(31)22(4,5)28-37(33,29-23(6,7)21(32)35-11-9-2)15-36-16(3)12-30-14-27-17-18(24)25-13-26-19(17)30/h13-14,16H,8-12,15H2,1-7H3,(H2,24,25,26)(H2,28,29,33)/t16-/m1/s1. The molecule has 0 spiro atoms. The van der Waals surface area contributed by atoms with Crippen LogP contribution in [0.5, 0.6) is 0 Å². The van der Waals surface area contributed by atoms with Crippen molar-refractivity contribution in [3.05, 3.63) is 12.7 Å². The summed E-state index contributed by atoms with van der Waals surface area (Å²) in [6.07, 6.45) is 3.44. The quantitative estimate of drug-likeness (QED) is 0.222. The number of ether oxygens (including phenoxy) is 3. The number of imidazole rings is 1. The third-order valence-electron chi connectivity index (χ3n) is 5.24. The van der Waals surface area contributed by atoms with Crippen molar-refractivity contribution in [2.45, 2.75) is 85.0 Å². The van der Waals surface area contributed by atoms with Gasteiger partial charge in [0.15, 0.2) is 11.5 Å². The average molecular weight is 542 g/mol. The molecule has 0 unspecified atom stereocenters. The van der Waals surface area contributed by atoms with Gasteiger partial charge in [0.25, 0.3) is 0 Å². The van der Waals surface area contributed by atoms with Crippen molar-refractivity contribution in [2.24, 2.45) is 0 Å². The lowest BCUT2D eigenvalue weighted by molar-refractivity contribution is -0.149. The molecule has 1 atom stereocenters. The number of hydrogen-bond acceptors (Lipinski definition) is 10. The molecule has 2 rings (SSSR count). The summed E-state index contributed by atoms with van der Waals surface area (Å²) >= 11 is 0. The van der Waals surface area contributed by atoms with Crippen molar-refractivity contribution in [2.75, 3.05) is 25.3 Å². The highest BCUT2D eigenvalue weighted by atomic mass is 31.2. The van der Waals surface area contributed by atoms with Gasteiger partial charge in [0.1, 0.15) is 29.3 Å². The van der Waals surface area contributed by atoms with Crippen LogP contribution in [0.25, 0.3) is 11.2 Å². The van der Waals surface area contributed by atoms with E-state index in [0.717, 1.165) is 0 Å². The molecule has 0 saturated carbocycles. The number of nitrogens with two attached hydrogens (primary N) is 1. The molecule has 0 fully saturated rings. The lowest BCUT2D eigenvalue weighted by atomic mass is 10.1. The van der Waals surface area contributed by atoms with E-state index in [1.807, 2.05) is 13.8 Å². The van der Waals surface area contributed by atoms with E-state index < -0.39 is 36.6 Å². The van der Waals surface area contributed by atoms with Gasteiger partial charge >= 0.3 is 11.9 Å². The van der Waals surface area contributed by atoms with E-state index in [1.165, 1.54) is 6.33 Å². The number of hydrogen-bond donors (Lipinski definition) is 3. The molecule has 0 aromatic carbocycles. The molecule has 14 heteroatoms. The molecule has 2 heterocycles. The van der Waals surface area contributed by atoms with Gasteiger partial charge in [-0.15, -0.1) is 0 Å². The summed E-state index contributed by atoms with van der Waals surface area (Å²) in [5.41, 5.74) is 4.21. The fourth-order valence-electron chi connectivity index (χ4n) is 3.43. The largest absolute Gasteiger partial charge is 0.464 e. The van der Waals surface area contributed by atoms with Crippen LogP contribution in [0.15, 0.2) is 12.7 Å². The first-order valence-electron chi connectivity index (χ1n) is 12.3. The van der Waals surface area contributed by atoms with Crippen LogP contribution in [0.3, 0.4) is 0 Å². The zero-order valence-corrected chi connectivity index (χ0v) is 23.6. The van der Waals surface area contributed by atoms with Crippen molar-refractivity contribution in [1.29, 1.82) is 0 Å². The van der Waals surface area contributed by atoms with E-state index in [9.17, 15) is 14.2 Å². The second kappa shape index (κ2) is 12.8. The Morgan fingerprint density at radius 3 is 2.08 bits per heavy atom. The summed E-state index contributed by atoms with van der Waals surface area (Å²) in [4.78, 5) is 37.7. The predicted molar refractivity (Wildman–Crippen MR) is 140 cm³/mol. The molecule has 13 nitrogen and oxygen atoms in total. The maximum Gasteiger partial charge on any atom is 0.326 e. The third kappa shape index (κ3) is 8.46. The summed E-state index contributed by atoms with van der Waals surface area (Å²) in [6.45, 7) is 12.6. The van der Waals surface area contributed by atoms with Gasteiger partial charge in [0.2, 0.25) is 7.44 Å². The lowest BCUT2D eigenvalue weighted by Gasteiger charge is -2.35. The van der Waals surface area contributed by atoms with Gasteiger partial charge in [0.05, 0.1) is 32.2 Å². The monoisotopic (exact) mass is 541 g/mol. The number of aromatic nitrogens is 4. The number of anilines is 1. The summed E-state index contributed by atoms with van der Waals surface area (Å²) in [5, 5.41) is 5.76. The van der Waals surface area contributed by atoms with Crippen LogP contribution in [-0.2, 0) is 34.9 Å². The van der Waals surface area contributed by atoms with Crippen molar-refractivity contribution >= 4 is 36.4 Å². The van der Waals surface area contributed by atoms with E-state index in [-0.39, 0.29) is 25.4 Å². The minimum absolute atomic E-state index is 0.233. The van der Waals surface area contributed by atoms with Crippen LogP contribution in [0.1, 0.15) is 61.3 Å². The fourth-order valence-corrected chi connectivity index (χ4v) is 6.07. The molecule has 0 aliphatic rings.